The molecule has 5 nitrogen and oxygen atoms in total. The van der Waals surface area contributed by atoms with E-state index in [1.54, 1.807) is 11.5 Å². The number of amides is 1. The van der Waals surface area contributed by atoms with Gasteiger partial charge in [0.1, 0.15) is 6.54 Å². The van der Waals surface area contributed by atoms with Crippen molar-refractivity contribution in [3.63, 3.8) is 0 Å². The molecule has 0 fully saturated rings. The van der Waals surface area contributed by atoms with Crippen LogP contribution in [-0.4, -0.2) is 23.1 Å². The van der Waals surface area contributed by atoms with Crippen LogP contribution in [0.3, 0.4) is 0 Å². The number of benzene rings is 1. The maximum absolute atomic E-state index is 12.0. The molecule has 2 aromatic rings. The molecule has 2 rings (SSSR count). The number of ether oxygens (including phenoxy) is 1. The topological polar surface area (TPSA) is 60.7 Å². The van der Waals surface area contributed by atoms with Crippen LogP contribution in [0, 0.1) is 5.92 Å². The first-order chi connectivity index (χ1) is 11.0. The molecule has 0 aliphatic carbocycles. The van der Waals surface area contributed by atoms with E-state index in [-0.39, 0.29) is 24.3 Å². The lowest BCUT2D eigenvalue weighted by molar-refractivity contribution is -0.143. The minimum absolute atomic E-state index is 0.0590. The predicted molar refractivity (Wildman–Crippen MR) is 91.2 cm³/mol. The van der Waals surface area contributed by atoms with E-state index >= 15 is 0 Å². The molecule has 0 saturated heterocycles. The van der Waals surface area contributed by atoms with Gasteiger partial charge in [0.2, 0.25) is 0 Å². The highest BCUT2D eigenvalue weighted by atomic mass is 32.1. The van der Waals surface area contributed by atoms with Crippen molar-refractivity contribution < 1.29 is 14.3 Å². The molecular formula is C17H22N2O3S. The molecule has 1 aromatic carbocycles. The van der Waals surface area contributed by atoms with Crippen LogP contribution in [0.5, 0.6) is 0 Å². The number of carbonyl (C=O) groups is 2. The fraction of sp³-hybridized carbons (Fsp3) is 0.471. The summed E-state index contributed by atoms with van der Waals surface area (Å²) in [6, 6.07) is 6.09. The van der Waals surface area contributed by atoms with Gasteiger partial charge in [0, 0.05) is 5.92 Å². The third-order valence-electron chi connectivity index (χ3n) is 3.45. The lowest BCUT2D eigenvalue weighted by Gasteiger charge is -2.05. The molecule has 23 heavy (non-hydrogen) atoms. The summed E-state index contributed by atoms with van der Waals surface area (Å²) in [4.78, 5) is 28.6. The molecule has 0 saturated carbocycles. The predicted octanol–water partition coefficient (Wildman–Crippen LogP) is 2.91. The second-order valence-electron chi connectivity index (χ2n) is 5.54. The maximum atomic E-state index is 12.0. The number of aromatic nitrogens is 1. The zero-order chi connectivity index (χ0) is 17.0. The molecule has 0 bridgehead atoms. The molecule has 0 spiro atoms. The molecule has 1 amide bonds. The lowest BCUT2D eigenvalue weighted by atomic mass is 10.2. The number of rotatable bonds is 5. The van der Waals surface area contributed by atoms with Crippen LogP contribution in [0.1, 0.15) is 33.3 Å². The van der Waals surface area contributed by atoms with Gasteiger partial charge in [-0.05, 0) is 31.0 Å². The molecule has 0 aliphatic heterocycles. The van der Waals surface area contributed by atoms with Gasteiger partial charge < -0.3 is 9.30 Å². The monoisotopic (exact) mass is 334 g/mol. The lowest BCUT2D eigenvalue weighted by Crippen LogP contribution is -2.23. The number of nitrogens with zero attached hydrogens (tertiary/aromatic N) is 2. The standard InChI is InChI=1S/C17H22N2O3S/c1-5-12-7-8-13-14(9-12)23-17(18-16(21)11(3)4)19(13)10-15(20)22-6-2/h7-9,11H,5-6,10H2,1-4H3. The zero-order valence-electron chi connectivity index (χ0n) is 14.0. The third-order valence-corrected chi connectivity index (χ3v) is 4.49. The minimum atomic E-state index is -0.329. The quantitative estimate of drug-likeness (QED) is 0.790. The van der Waals surface area contributed by atoms with E-state index in [1.807, 2.05) is 26.0 Å². The smallest absolute Gasteiger partial charge is 0.326 e. The fourth-order valence-corrected chi connectivity index (χ4v) is 3.23. The Bertz CT molecular complexity index is 787. The van der Waals surface area contributed by atoms with Crippen LogP contribution in [-0.2, 0) is 27.3 Å². The van der Waals surface area contributed by atoms with Crippen molar-refractivity contribution in [1.29, 1.82) is 0 Å². The maximum Gasteiger partial charge on any atom is 0.326 e. The molecule has 0 atom stereocenters. The molecule has 1 aromatic heterocycles. The van der Waals surface area contributed by atoms with Crippen molar-refractivity contribution in [2.24, 2.45) is 10.9 Å². The van der Waals surface area contributed by atoms with E-state index in [0.29, 0.717) is 11.4 Å². The number of hydrogen-bond acceptors (Lipinski definition) is 4. The summed E-state index contributed by atoms with van der Waals surface area (Å²) in [6.07, 6.45) is 0.934. The molecule has 6 heteroatoms. The highest BCUT2D eigenvalue weighted by molar-refractivity contribution is 7.16. The van der Waals surface area contributed by atoms with Gasteiger partial charge in [-0.3, -0.25) is 9.59 Å². The Hall–Kier alpha value is -1.95. The van der Waals surface area contributed by atoms with Gasteiger partial charge in [-0.1, -0.05) is 38.2 Å². The molecule has 124 valence electrons. The molecule has 1 heterocycles. The van der Waals surface area contributed by atoms with Crippen molar-refractivity contribution in [3.8, 4) is 0 Å². The van der Waals surface area contributed by atoms with Gasteiger partial charge in [0.15, 0.2) is 4.80 Å². The average Bonchev–Trinajstić information content (AvgIpc) is 2.84. The number of thiazole rings is 1. The molecule has 0 unspecified atom stereocenters. The molecule has 0 N–H and O–H groups in total. The van der Waals surface area contributed by atoms with Crippen LogP contribution in [0.2, 0.25) is 0 Å². The average molecular weight is 334 g/mol. The molecular weight excluding hydrogens is 312 g/mol. The van der Waals surface area contributed by atoms with E-state index in [2.05, 4.69) is 18.0 Å². The first kappa shape index (κ1) is 17.4. The number of hydrogen-bond donors (Lipinski definition) is 0. The largest absolute Gasteiger partial charge is 0.465 e. The number of esters is 1. The van der Waals surface area contributed by atoms with Gasteiger partial charge in [0.25, 0.3) is 5.91 Å². The normalized spacial score (nSPS) is 12.1. The van der Waals surface area contributed by atoms with Crippen molar-refractivity contribution in [2.45, 2.75) is 40.7 Å². The van der Waals surface area contributed by atoms with Crippen molar-refractivity contribution in [1.82, 2.24) is 4.57 Å². The van der Waals surface area contributed by atoms with E-state index < -0.39 is 0 Å². The molecule has 0 radical (unpaired) electrons. The third kappa shape index (κ3) is 4.07. The number of fused-ring (bicyclic) bond motifs is 1. The Morgan fingerprint density at radius 3 is 2.65 bits per heavy atom. The van der Waals surface area contributed by atoms with Crippen molar-refractivity contribution >= 4 is 33.4 Å². The van der Waals surface area contributed by atoms with Crippen molar-refractivity contribution in [2.75, 3.05) is 6.61 Å². The Morgan fingerprint density at radius 2 is 2.04 bits per heavy atom. The zero-order valence-corrected chi connectivity index (χ0v) is 14.8. The van der Waals surface area contributed by atoms with Crippen LogP contribution in [0.25, 0.3) is 10.2 Å². The second kappa shape index (κ2) is 7.55. The van der Waals surface area contributed by atoms with Gasteiger partial charge in [-0.2, -0.15) is 4.99 Å². The first-order valence-corrected chi connectivity index (χ1v) is 8.64. The van der Waals surface area contributed by atoms with Crippen molar-refractivity contribution in [3.05, 3.63) is 28.6 Å². The minimum Gasteiger partial charge on any atom is -0.465 e. The summed E-state index contributed by atoms with van der Waals surface area (Å²) in [6.45, 7) is 7.88. The highest BCUT2D eigenvalue weighted by Gasteiger charge is 2.13. The van der Waals surface area contributed by atoms with E-state index in [1.165, 1.54) is 16.9 Å². The molecule has 0 aliphatic rings. The van der Waals surface area contributed by atoms with Crippen LogP contribution < -0.4 is 4.80 Å². The van der Waals surface area contributed by atoms with Gasteiger partial charge in [0.05, 0.1) is 16.8 Å². The summed E-state index contributed by atoms with van der Waals surface area (Å²) < 4.78 is 7.81. The van der Waals surface area contributed by atoms with Crippen LogP contribution in [0.15, 0.2) is 23.2 Å². The van der Waals surface area contributed by atoms with E-state index in [4.69, 9.17) is 4.74 Å². The Labute approximate surface area is 139 Å². The first-order valence-electron chi connectivity index (χ1n) is 7.82. The summed E-state index contributed by atoms with van der Waals surface area (Å²) in [5.74, 6) is -0.697. The fourth-order valence-electron chi connectivity index (χ4n) is 2.13. The Balaban J connectivity index is 2.58. The Morgan fingerprint density at radius 1 is 1.30 bits per heavy atom. The van der Waals surface area contributed by atoms with E-state index in [9.17, 15) is 9.59 Å². The second-order valence-corrected chi connectivity index (χ2v) is 6.55. The number of carbonyl (C=O) groups excluding carboxylic acids is 2. The van der Waals surface area contributed by atoms with Gasteiger partial charge in [-0.25, -0.2) is 0 Å². The highest BCUT2D eigenvalue weighted by Crippen LogP contribution is 2.20. The van der Waals surface area contributed by atoms with E-state index in [0.717, 1.165) is 16.6 Å². The Kier molecular flexibility index (Phi) is 5.71. The van der Waals surface area contributed by atoms with Crippen LogP contribution >= 0.6 is 11.3 Å². The van der Waals surface area contributed by atoms with Gasteiger partial charge >= 0.3 is 5.97 Å². The summed E-state index contributed by atoms with van der Waals surface area (Å²) in [7, 11) is 0. The van der Waals surface area contributed by atoms with Gasteiger partial charge in [-0.15, -0.1) is 0 Å². The SMILES string of the molecule is CCOC(=O)Cn1c(=NC(=O)C(C)C)sc2cc(CC)ccc21. The summed E-state index contributed by atoms with van der Waals surface area (Å²) >= 11 is 1.43. The summed E-state index contributed by atoms with van der Waals surface area (Å²) in [5.41, 5.74) is 2.11. The number of aryl methyl sites for hydroxylation is 1. The summed E-state index contributed by atoms with van der Waals surface area (Å²) in [5, 5.41) is 0. The van der Waals surface area contributed by atoms with Crippen LogP contribution in [0.4, 0.5) is 0 Å².